The molecule has 0 bridgehead atoms. The van der Waals surface area contributed by atoms with E-state index in [1.807, 2.05) is 0 Å². The third kappa shape index (κ3) is 3.37. The van der Waals surface area contributed by atoms with Gasteiger partial charge in [0, 0.05) is 0 Å². The molecule has 99 valence electrons. The van der Waals surface area contributed by atoms with E-state index in [4.69, 9.17) is 0 Å². The second kappa shape index (κ2) is 7.40. The van der Waals surface area contributed by atoms with Gasteiger partial charge in [-0.05, 0) is 23.8 Å². The number of rotatable bonds is 3. The van der Waals surface area contributed by atoms with Crippen LogP contribution in [-0.4, -0.2) is 0 Å². The van der Waals surface area contributed by atoms with Crippen LogP contribution in [0.25, 0.3) is 0 Å². The van der Waals surface area contributed by atoms with Crippen LogP contribution in [0.4, 0.5) is 0 Å². The van der Waals surface area contributed by atoms with Crippen LogP contribution in [0.5, 0.6) is 0 Å². The summed E-state index contributed by atoms with van der Waals surface area (Å²) in [6.07, 6.45) is 0. The van der Waals surface area contributed by atoms with Crippen molar-refractivity contribution in [3.05, 3.63) is 91.0 Å². The van der Waals surface area contributed by atoms with Gasteiger partial charge in [-0.3, -0.25) is 0 Å². The normalized spacial score (nSPS) is 10.1. The van der Waals surface area contributed by atoms with E-state index in [0.717, 1.165) is 0 Å². The Morgan fingerprint density at radius 3 is 0.900 bits per heavy atom. The maximum absolute atomic E-state index is 2.23. The van der Waals surface area contributed by atoms with Crippen molar-refractivity contribution in [3.8, 4) is 0 Å². The fraction of sp³-hybridized carbons (Fsp3) is 0. The molecule has 0 aliphatic rings. The van der Waals surface area contributed by atoms with E-state index in [1.165, 1.54) is 15.9 Å². The molecule has 0 aliphatic heterocycles. The van der Waals surface area contributed by atoms with Crippen molar-refractivity contribution in [1.82, 2.24) is 0 Å². The molecule has 0 fully saturated rings. The van der Waals surface area contributed by atoms with Crippen LogP contribution >= 0.6 is 7.92 Å². The van der Waals surface area contributed by atoms with Crippen LogP contribution in [0.3, 0.4) is 0 Å². The maximum atomic E-state index is 2.23. The molecule has 3 aromatic carbocycles. The van der Waals surface area contributed by atoms with Crippen LogP contribution in [0.15, 0.2) is 91.0 Å². The summed E-state index contributed by atoms with van der Waals surface area (Å²) < 4.78 is 0. The molecule has 2 heteroatoms. The van der Waals surface area contributed by atoms with E-state index in [-0.39, 0.29) is 16.8 Å². The van der Waals surface area contributed by atoms with Gasteiger partial charge < -0.3 is 0 Å². The summed E-state index contributed by atoms with van der Waals surface area (Å²) in [6.45, 7) is 0. The van der Waals surface area contributed by atoms with Gasteiger partial charge in [-0.25, -0.2) is 0 Å². The van der Waals surface area contributed by atoms with Crippen LogP contribution in [0, 0.1) is 0 Å². The molecule has 0 atom stereocenters. The van der Waals surface area contributed by atoms with Crippen molar-refractivity contribution >= 4 is 23.8 Å². The largest absolute Gasteiger partial charge is 2.00 e. The Hall–Kier alpha value is -1.40. The summed E-state index contributed by atoms with van der Waals surface area (Å²) in [5.74, 6) is 0. The first kappa shape index (κ1) is 15.0. The number of benzene rings is 3. The van der Waals surface area contributed by atoms with E-state index in [9.17, 15) is 0 Å². The maximum Gasteiger partial charge on any atom is 2.00 e. The van der Waals surface area contributed by atoms with Crippen molar-refractivity contribution < 1.29 is 16.8 Å². The molecule has 0 saturated heterocycles. The Bertz CT molecular complexity index is 529. The van der Waals surface area contributed by atoms with Crippen LogP contribution < -0.4 is 15.9 Å². The zero-order valence-corrected chi connectivity index (χ0v) is 12.9. The van der Waals surface area contributed by atoms with Crippen LogP contribution in [-0.2, 0) is 16.8 Å². The summed E-state index contributed by atoms with van der Waals surface area (Å²) in [7, 11) is -0.446. The Balaban J connectivity index is 0.00000147. The third-order valence-corrected chi connectivity index (χ3v) is 5.49. The van der Waals surface area contributed by atoms with E-state index in [0.29, 0.717) is 0 Å². The monoisotopic (exact) mass is 321 g/mol. The summed E-state index contributed by atoms with van der Waals surface area (Å²) in [5, 5.41) is 4.19. The molecule has 1 radical (unpaired) electrons. The Kier molecular flexibility index (Phi) is 5.55. The van der Waals surface area contributed by atoms with Crippen molar-refractivity contribution in [2.75, 3.05) is 0 Å². The molecule has 0 unspecified atom stereocenters. The summed E-state index contributed by atoms with van der Waals surface area (Å²) in [5.41, 5.74) is 0. The fourth-order valence-corrected chi connectivity index (χ4v) is 4.48. The predicted octanol–water partition coefficient (Wildman–Crippen LogP) is 3.44. The number of hydrogen-bond acceptors (Lipinski definition) is 0. The Labute approximate surface area is 131 Å². The minimum atomic E-state index is -0.446. The molecule has 20 heavy (non-hydrogen) atoms. The zero-order chi connectivity index (χ0) is 12.9. The van der Waals surface area contributed by atoms with Crippen LogP contribution in [0.1, 0.15) is 0 Å². The molecule has 3 rings (SSSR count). The van der Waals surface area contributed by atoms with Gasteiger partial charge in [0.15, 0.2) is 0 Å². The van der Waals surface area contributed by atoms with Gasteiger partial charge >= 0.3 is 16.8 Å². The molecule has 0 N–H and O–H groups in total. The van der Waals surface area contributed by atoms with Crippen molar-refractivity contribution in [1.29, 1.82) is 0 Å². The van der Waals surface area contributed by atoms with Gasteiger partial charge in [0.1, 0.15) is 0 Å². The topological polar surface area (TPSA) is 0 Å². The quantitative estimate of drug-likeness (QED) is 0.648. The van der Waals surface area contributed by atoms with Crippen molar-refractivity contribution in [2.45, 2.75) is 0 Å². The third-order valence-electron chi connectivity index (χ3n) is 3.04. The molecule has 0 aliphatic carbocycles. The summed E-state index contributed by atoms with van der Waals surface area (Å²) in [4.78, 5) is 0. The van der Waals surface area contributed by atoms with E-state index in [1.54, 1.807) is 0 Å². The molecule has 0 amide bonds. The molecule has 3 aromatic rings. The number of hydrogen-bond donors (Lipinski definition) is 0. The summed E-state index contributed by atoms with van der Waals surface area (Å²) in [6, 6.07) is 32.3. The molecule has 0 heterocycles. The minimum Gasteiger partial charge on any atom is -0.0622 e. The van der Waals surface area contributed by atoms with Crippen LogP contribution in [0.2, 0.25) is 0 Å². The molecular weight excluding hydrogens is 306 g/mol. The van der Waals surface area contributed by atoms with Crippen molar-refractivity contribution in [3.63, 3.8) is 0 Å². The molecular formula is C18H15CoP+2. The molecule has 0 nitrogen and oxygen atoms in total. The Morgan fingerprint density at radius 2 is 0.650 bits per heavy atom. The van der Waals surface area contributed by atoms with E-state index in [2.05, 4.69) is 91.0 Å². The molecule has 0 aromatic heterocycles. The second-order valence-electron chi connectivity index (χ2n) is 4.34. The first-order valence-corrected chi connectivity index (χ1v) is 7.74. The van der Waals surface area contributed by atoms with Crippen molar-refractivity contribution in [2.24, 2.45) is 0 Å². The minimum absolute atomic E-state index is 0. The van der Waals surface area contributed by atoms with Gasteiger partial charge in [-0.1, -0.05) is 91.0 Å². The fourth-order valence-electron chi connectivity index (χ4n) is 2.18. The summed E-state index contributed by atoms with van der Waals surface area (Å²) >= 11 is 0. The SMILES string of the molecule is [Co+2].c1ccc(P(c2ccccc2)c2ccccc2)cc1. The molecule has 0 saturated carbocycles. The van der Waals surface area contributed by atoms with E-state index < -0.39 is 7.92 Å². The molecule has 0 spiro atoms. The average molecular weight is 321 g/mol. The zero-order valence-electron chi connectivity index (χ0n) is 10.9. The van der Waals surface area contributed by atoms with Gasteiger partial charge in [0.2, 0.25) is 0 Å². The second-order valence-corrected chi connectivity index (χ2v) is 6.56. The first-order valence-electron chi connectivity index (χ1n) is 6.40. The smallest absolute Gasteiger partial charge is 0.0622 e. The Morgan fingerprint density at radius 1 is 0.400 bits per heavy atom. The standard InChI is InChI=1S/C18H15P.Co/c1-4-10-16(11-5-1)19(17-12-6-2-7-13-17)18-14-8-3-9-15-18;/h1-15H;/q;+2. The average Bonchev–Trinajstić information content (AvgIpc) is 2.51. The van der Waals surface area contributed by atoms with Gasteiger partial charge in [0.05, 0.1) is 0 Å². The predicted molar refractivity (Wildman–Crippen MR) is 85.1 cm³/mol. The first-order chi connectivity index (χ1) is 9.45. The van der Waals surface area contributed by atoms with E-state index >= 15 is 0 Å². The van der Waals surface area contributed by atoms with Gasteiger partial charge in [-0.15, -0.1) is 0 Å². The van der Waals surface area contributed by atoms with Gasteiger partial charge in [0.25, 0.3) is 0 Å². The van der Waals surface area contributed by atoms with Gasteiger partial charge in [-0.2, -0.15) is 0 Å².